The summed E-state index contributed by atoms with van der Waals surface area (Å²) in [6.07, 6.45) is 0. The van der Waals surface area contributed by atoms with Crippen molar-refractivity contribution < 1.29 is 14.6 Å². The van der Waals surface area contributed by atoms with Gasteiger partial charge >= 0.3 is 5.97 Å². The number of benzene rings is 1. The third kappa shape index (κ3) is 3.55. The number of carbonyl (C=O) groups excluding carboxylic acids is 1. The number of carbonyl (C=O) groups is 1. The first kappa shape index (κ1) is 14.7. The molecule has 0 aliphatic rings. The Morgan fingerprint density at radius 3 is 2.50 bits per heavy atom. The Hall–Kier alpha value is -1.39. The van der Waals surface area contributed by atoms with Gasteiger partial charge < -0.3 is 9.84 Å². The number of aliphatic hydroxyl groups is 1. The molecule has 0 heterocycles. The molecule has 4 heteroatoms. The van der Waals surface area contributed by atoms with Gasteiger partial charge in [0.2, 0.25) is 0 Å². The van der Waals surface area contributed by atoms with E-state index in [4.69, 9.17) is 4.74 Å². The van der Waals surface area contributed by atoms with Crippen molar-refractivity contribution in [3.63, 3.8) is 0 Å². The highest BCUT2D eigenvalue weighted by Gasteiger charge is 2.28. The van der Waals surface area contributed by atoms with Crippen LogP contribution in [0.25, 0.3) is 0 Å². The molecule has 0 amide bonds. The van der Waals surface area contributed by atoms with E-state index in [0.29, 0.717) is 6.61 Å². The van der Waals surface area contributed by atoms with Crippen molar-refractivity contribution in [3.8, 4) is 0 Å². The van der Waals surface area contributed by atoms with Crippen LogP contribution in [0.4, 0.5) is 0 Å². The minimum absolute atomic E-state index is 0.000755. The molecule has 0 radical (unpaired) electrons. The van der Waals surface area contributed by atoms with Gasteiger partial charge in [-0.1, -0.05) is 30.3 Å². The summed E-state index contributed by atoms with van der Waals surface area (Å²) in [6.45, 7) is 4.01. The highest BCUT2D eigenvalue weighted by Crippen LogP contribution is 2.22. The molecule has 0 saturated heterocycles. The van der Waals surface area contributed by atoms with Crippen molar-refractivity contribution in [2.24, 2.45) is 0 Å². The van der Waals surface area contributed by atoms with E-state index >= 15 is 0 Å². The van der Waals surface area contributed by atoms with Gasteiger partial charge in [-0.3, -0.25) is 4.90 Å². The zero-order valence-corrected chi connectivity index (χ0v) is 11.2. The summed E-state index contributed by atoms with van der Waals surface area (Å²) < 4.78 is 5.11. The molecule has 0 aliphatic carbocycles. The quantitative estimate of drug-likeness (QED) is 0.780. The molecule has 4 nitrogen and oxygen atoms in total. The van der Waals surface area contributed by atoms with Crippen LogP contribution >= 0.6 is 0 Å². The largest absolute Gasteiger partial charge is 0.465 e. The zero-order valence-electron chi connectivity index (χ0n) is 11.2. The monoisotopic (exact) mass is 251 g/mol. The topological polar surface area (TPSA) is 49.8 Å². The predicted molar refractivity (Wildman–Crippen MR) is 70.1 cm³/mol. The molecule has 18 heavy (non-hydrogen) atoms. The second kappa shape index (κ2) is 7.13. The van der Waals surface area contributed by atoms with Crippen LogP contribution in [-0.2, 0) is 9.53 Å². The fraction of sp³-hybridized carbons (Fsp3) is 0.500. The smallest absolute Gasteiger partial charge is 0.328 e. The number of likely N-dealkylation sites (N-methyl/N-ethyl adjacent to an activating group) is 1. The fourth-order valence-corrected chi connectivity index (χ4v) is 1.78. The van der Waals surface area contributed by atoms with E-state index in [2.05, 4.69) is 0 Å². The van der Waals surface area contributed by atoms with E-state index in [1.54, 1.807) is 6.92 Å². The lowest BCUT2D eigenvalue weighted by molar-refractivity contribution is -0.150. The molecule has 0 spiro atoms. The van der Waals surface area contributed by atoms with E-state index < -0.39 is 6.04 Å². The Bertz CT molecular complexity index is 367. The Morgan fingerprint density at radius 1 is 1.39 bits per heavy atom. The van der Waals surface area contributed by atoms with Crippen LogP contribution in [-0.4, -0.2) is 42.3 Å². The summed E-state index contributed by atoms with van der Waals surface area (Å²) >= 11 is 0. The van der Waals surface area contributed by atoms with Gasteiger partial charge in [0.25, 0.3) is 0 Å². The fourth-order valence-electron chi connectivity index (χ4n) is 1.78. The number of hydrogen-bond acceptors (Lipinski definition) is 4. The van der Waals surface area contributed by atoms with E-state index in [0.717, 1.165) is 5.56 Å². The number of nitrogens with zero attached hydrogens (tertiary/aromatic N) is 1. The molecule has 1 rings (SSSR count). The molecule has 0 aromatic heterocycles. The van der Waals surface area contributed by atoms with Gasteiger partial charge in [-0.2, -0.15) is 0 Å². The van der Waals surface area contributed by atoms with Gasteiger partial charge in [0.05, 0.1) is 13.2 Å². The molecule has 100 valence electrons. The standard InChI is InChI=1S/C14H21NO3/c1-4-18-14(17)13(15(3)11(2)10-16)12-8-6-5-7-9-12/h5-9,11,13,16H,4,10H2,1-3H3. The van der Waals surface area contributed by atoms with Gasteiger partial charge in [-0.15, -0.1) is 0 Å². The van der Waals surface area contributed by atoms with E-state index in [1.807, 2.05) is 49.2 Å². The maximum absolute atomic E-state index is 12.1. The van der Waals surface area contributed by atoms with Crippen LogP contribution in [0, 0.1) is 0 Å². The Labute approximate surface area is 108 Å². The molecule has 2 unspecified atom stereocenters. The van der Waals surface area contributed by atoms with Crippen LogP contribution in [0.1, 0.15) is 25.5 Å². The summed E-state index contributed by atoms with van der Waals surface area (Å²) in [4.78, 5) is 13.9. The molecule has 0 fully saturated rings. The van der Waals surface area contributed by atoms with Gasteiger partial charge in [-0.05, 0) is 26.5 Å². The third-order valence-corrected chi connectivity index (χ3v) is 2.99. The lowest BCUT2D eigenvalue weighted by Crippen LogP contribution is -2.40. The van der Waals surface area contributed by atoms with E-state index in [1.165, 1.54) is 0 Å². The second-order valence-electron chi connectivity index (χ2n) is 4.26. The van der Waals surface area contributed by atoms with Crippen molar-refractivity contribution in [2.75, 3.05) is 20.3 Å². The van der Waals surface area contributed by atoms with Gasteiger partial charge in [0.1, 0.15) is 6.04 Å². The number of ether oxygens (including phenoxy) is 1. The average molecular weight is 251 g/mol. The van der Waals surface area contributed by atoms with Crippen LogP contribution in [0.15, 0.2) is 30.3 Å². The molecule has 0 saturated carbocycles. The molecular formula is C14H21NO3. The van der Waals surface area contributed by atoms with Gasteiger partial charge in [0, 0.05) is 6.04 Å². The Kier molecular flexibility index (Phi) is 5.82. The van der Waals surface area contributed by atoms with Crippen molar-refractivity contribution in [2.45, 2.75) is 25.9 Å². The molecule has 2 atom stereocenters. The van der Waals surface area contributed by atoms with Gasteiger partial charge in [0.15, 0.2) is 0 Å². The summed E-state index contributed by atoms with van der Waals surface area (Å²) in [5, 5.41) is 9.22. The minimum atomic E-state index is -0.478. The molecule has 1 aromatic rings. The predicted octanol–water partition coefficient (Wildman–Crippen LogP) is 1.60. The molecule has 1 N–H and O–H groups in total. The highest BCUT2D eigenvalue weighted by atomic mass is 16.5. The number of hydrogen-bond donors (Lipinski definition) is 1. The maximum Gasteiger partial charge on any atom is 0.328 e. The molecular weight excluding hydrogens is 230 g/mol. The lowest BCUT2D eigenvalue weighted by atomic mass is 10.0. The highest BCUT2D eigenvalue weighted by molar-refractivity contribution is 5.77. The van der Waals surface area contributed by atoms with Crippen molar-refractivity contribution in [1.29, 1.82) is 0 Å². The van der Waals surface area contributed by atoms with Crippen molar-refractivity contribution in [3.05, 3.63) is 35.9 Å². The van der Waals surface area contributed by atoms with Crippen molar-refractivity contribution >= 4 is 5.97 Å². The maximum atomic E-state index is 12.1. The molecule has 0 bridgehead atoms. The SMILES string of the molecule is CCOC(=O)C(c1ccccc1)N(C)C(C)CO. The van der Waals surface area contributed by atoms with Crippen LogP contribution in [0.2, 0.25) is 0 Å². The number of aliphatic hydroxyl groups excluding tert-OH is 1. The normalized spacial score (nSPS) is 14.3. The molecule has 0 aliphatic heterocycles. The van der Waals surface area contributed by atoms with E-state index in [9.17, 15) is 9.90 Å². The Morgan fingerprint density at radius 2 is 2.00 bits per heavy atom. The lowest BCUT2D eigenvalue weighted by Gasteiger charge is -2.30. The van der Waals surface area contributed by atoms with Crippen LogP contribution in [0.5, 0.6) is 0 Å². The zero-order chi connectivity index (χ0) is 13.5. The Balaban J connectivity index is 2.99. The first-order valence-electron chi connectivity index (χ1n) is 6.16. The first-order valence-corrected chi connectivity index (χ1v) is 6.16. The number of rotatable bonds is 6. The summed E-state index contributed by atoms with van der Waals surface area (Å²) in [6, 6.07) is 8.87. The van der Waals surface area contributed by atoms with Crippen LogP contribution in [0.3, 0.4) is 0 Å². The second-order valence-corrected chi connectivity index (χ2v) is 4.26. The first-order chi connectivity index (χ1) is 8.61. The average Bonchev–Trinajstić information content (AvgIpc) is 2.39. The van der Waals surface area contributed by atoms with Gasteiger partial charge in [-0.25, -0.2) is 4.79 Å². The summed E-state index contributed by atoms with van der Waals surface area (Å²) in [5.74, 6) is -0.286. The summed E-state index contributed by atoms with van der Waals surface area (Å²) in [5.41, 5.74) is 0.874. The third-order valence-electron chi connectivity index (χ3n) is 2.99. The minimum Gasteiger partial charge on any atom is -0.465 e. The van der Waals surface area contributed by atoms with Crippen LogP contribution < -0.4 is 0 Å². The summed E-state index contributed by atoms with van der Waals surface area (Å²) in [7, 11) is 1.81. The molecule has 1 aromatic carbocycles. The van der Waals surface area contributed by atoms with Crippen molar-refractivity contribution in [1.82, 2.24) is 4.90 Å². The van der Waals surface area contributed by atoms with E-state index in [-0.39, 0.29) is 18.6 Å². The number of esters is 1.